The van der Waals surface area contributed by atoms with Crippen molar-refractivity contribution in [3.8, 4) is 17.9 Å². The first kappa shape index (κ1) is 19.2. The molecule has 4 aliphatic rings. The number of urea groups is 1. The molecule has 6 nitrogen and oxygen atoms in total. The van der Waals surface area contributed by atoms with Crippen molar-refractivity contribution in [2.75, 3.05) is 32.8 Å². The standard InChI is InChI=1S/C24H25N3O3/c25-16-24(8-9-24)20-5-3-17(4-6-20)1-2-18-12-27(13-18)23(29)26-10-7-22-19(14-26)11-21(28)15-30-22/h3-6,18-19,22H,7-15H2/t19-,22+/m1/s1. The van der Waals surface area contributed by atoms with Crippen molar-refractivity contribution in [1.82, 2.24) is 9.80 Å². The highest BCUT2D eigenvalue weighted by Gasteiger charge is 2.44. The molecule has 5 rings (SSSR count). The van der Waals surface area contributed by atoms with E-state index in [4.69, 9.17) is 4.74 Å². The number of likely N-dealkylation sites (tertiary alicyclic amines) is 2. The molecular weight excluding hydrogens is 378 g/mol. The maximum Gasteiger partial charge on any atom is 0.320 e. The topological polar surface area (TPSA) is 73.6 Å². The molecule has 3 heterocycles. The van der Waals surface area contributed by atoms with Gasteiger partial charge in [0, 0.05) is 44.1 Å². The average molecular weight is 403 g/mol. The number of nitriles is 1. The zero-order valence-corrected chi connectivity index (χ0v) is 17.0. The third kappa shape index (κ3) is 3.57. The summed E-state index contributed by atoms with van der Waals surface area (Å²) < 4.78 is 5.61. The number of ketones is 1. The normalized spacial score (nSPS) is 27.2. The summed E-state index contributed by atoms with van der Waals surface area (Å²) in [4.78, 5) is 28.1. The third-order valence-corrected chi connectivity index (χ3v) is 6.86. The number of hydrogen-bond donors (Lipinski definition) is 0. The Balaban J connectivity index is 1.12. The second kappa shape index (κ2) is 7.45. The Kier molecular flexibility index (Phi) is 4.76. The van der Waals surface area contributed by atoms with Gasteiger partial charge in [0.2, 0.25) is 0 Å². The number of fused-ring (bicyclic) bond motifs is 1. The van der Waals surface area contributed by atoms with Crippen LogP contribution in [0.2, 0.25) is 0 Å². The second-order valence-corrected chi connectivity index (χ2v) is 9.01. The molecule has 2 amide bonds. The van der Waals surface area contributed by atoms with Crippen LogP contribution in [0.15, 0.2) is 24.3 Å². The summed E-state index contributed by atoms with van der Waals surface area (Å²) in [6.45, 7) is 2.84. The molecular formula is C24H25N3O3. The van der Waals surface area contributed by atoms with Crippen LogP contribution in [0.1, 0.15) is 36.8 Å². The SMILES string of the molecule is N#CC1(c2ccc(C#CC3CN(C(=O)N4CC[C@@H]5OCC(=O)C[C@@H]5C4)C3)cc2)CC1. The second-order valence-electron chi connectivity index (χ2n) is 9.01. The molecule has 4 fully saturated rings. The fourth-order valence-electron chi connectivity index (χ4n) is 4.73. The molecule has 0 bridgehead atoms. The smallest absolute Gasteiger partial charge is 0.320 e. The van der Waals surface area contributed by atoms with Gasteiger partial charge in [-0.2, -0.15) is 5.26 Å². The van der Waals surface area contributed by atoms with E-state index in [2.05, 4.69) is 17.9 Å². The van der Waals surface area contributed by atoms with Crippen LogP contribution in [0.3, 0.4) is 0 Å². The molecule has 154 valence electrons. The van der Waals surface area contributed by atoms with Crippen LogP contribution >= 0.6 is 0 Å². The minimum absolute atomic E-state index is 0.0557. The van der Waals surface area contributed by atoms with Gasteiger partial charge in [-0.1, -0.05) is 24.0 Å². The fourth-order valence-corrected chi connectivity index (χ4v) is 4.73. The van der Waals surface area contributed by atoms with Gasteiger partial charge in [-0.05, 0) is 37.0 Å². The van der Waals surface area contributed by atoms with Gasteiger partial charge in [-0.15, -0.1) is 0 Å². The van der Waals surface area contributed by atoms with E-state index >= 15 is 0 Å². The number of carbonyl (C=O) groups excluding carboxylic acids is 2. The van der Waals surface area contributed by atoms with Crippen molar-refractivity contribution in [3.05, 3.63) is 35.4 Å². The van der Waals surface area contributed by atoms with E-state index in [9.17, 15) is 14.9 Å². The van der Waals surface area contributed by atoms with Gasteiger partial charge >= 0.3 is 6.03 Å². The van der Waals surface area contributed by atoms with Crippen molar-refractivity contribution in [2.45, 2.75) is 37.2 Å². The van der Waals surface area contributed by atoms with Gasteiger partial charge < -0.3 is 14.5 Å². The first-order chi connectivity index (χ1) is 14.6. The van der Waals surface area contributed by atoms with Crippen LogP contribution in [-0.4, -0.2) is 60.5 Å². The van der Waals surface area contributed by atoms with Crippen LogP contribution in [0.25, 0.3) is 0 Å². The molecule has 6 heteroatoms. The Morgan fingerprint density at radius 1 is 1.13 bits per heavy atom. The Morgan fingerprint density at radius 2 is 1.90 bits per heavy atom. The fraction of sp³-hybridized carbons (Fsp3) is 0.542. The highest BCUT2D eigenvalue weighted by atomic mass is 16.5. The van der Waals surface area contributed by atoms with Crippen molar-refractivity contribution in [2.24, 2.45) is 11.8 Å². The van der Waals surface area contributed by atoms with Gasteiger partial charge in [-0.3, -0.25) is 4.79 Å². The number of amides is 2. The monoisotopic (exact) mass is 403 g/mol. The summed E-state index contributed by atoms with van der Waals surface area (Å²) in [6.07, 6.45) is 3.35. The quantitative estimate of drug-likeness (QED) is 0.675. The molecule has 0 unspecified atom stereocenters. The van der Waals surface area contributed by atoms with Crippen molar-refractivity contribution in [3.63, 3.8) is 0 Å². The van der Waals surface area contributed by atoms with E-state index in [1.807, 2.05) is 34.1 Å². The number of piperidine rings is 1. The highest BCUT2D eigenvalue weighted by molar-refractivity contribution is 5.81. The Labute approximate surface area is 176 Å². The molecule has 1 aromatic rings. The van der Waals surface area contributed by atoms with E-state index < -0.39 is 0 Å². The molecule has 1 aromatic carbocycles. The Hall–Kier alpha value is -2.83. The first-order valence-electron chi connectivity index (χ1n) is 10.8. The largest absolute Gasteiger partial charge is 0.370 e. The van der Waals surface area contributed by atoms with Gasteiger partial charge in [0.25, 0.3) is 0 Å². The first-order valence-corrected chi connectivity index (χ1v) is 10.8. The molecule has 0 N–H and O–H groups in total. The van der Waals surface area contributed by atoms with Crippen LogP contribution in [0.4, 0.5) is 4.79 Å². The minimum Gasteiger partial charge on any atom is -0.370 e. The van der Waals surface area contributed by atoms with Gasteiger partial charge in [0.15, 0.2) is 5.78 Å². The summed E-state index contributed by atoms with van der Waals surface area (Å²) in [7, 11) is 0. The molecule has 1 aliphatic carbocycles. The zero-order valence-electron chi connectivity index (χ0n) is 17.0. The van der Waals surface area contributed by atoms with E-state index in [1.54, 1.807) is 0 Å². The molecule has 30 heavy (non-hydrogen) atoms. The Morgan fingerprint density at radius 3 is 2.60 bits per heavy atom. The number of hydrogen-bond acceptors (Lipinski definition) is 4. The summed E-state index contributed by atoms with van der Waals surface area (Å²) in [5, 5.41) is 9.29. The summed E-state index contributed by atoms with van der Waals surface area (Å²) in [6, 6.07) is 10.5. The predicted octanol–water partition coefficient (Wildman–Crippen LogP) is 2.32. The third-order valence-electron chi connectivity index (χ3n) is 6.86. The summed E-state index contributed by atoms with van der Waals surface area (Å²) >= 11 is 0. The number of ether oxygens (including phenoxy) is 1. The molecule has 0 spiro atoms. The highest BCUT2D eigenvalue weighted by Crippen LogP contribution is 2.47. The average Bonchev–Trinajstić information content (AvgIpc) is 3.53. The number of Topliss-reactive ketones (excluding diaryl/α,β-unsaturated/α-hetero) is 1. The van der Waals surface area contributed by atoms with Crippen LogP contribution in [0.5, 0.6) is 0 Å². The van der Waals surface area contributed by atoms with Crippen molar-refractivity contribution in [1.29, 1.82) is 5.26 Å². The van der Waals surface area contributed by atoms with Crippen LogP contribution in [-0.2, 0) is 14.9 Å². The summed E-state index contributed by atoms with van der Waals surface area (Å²) in [5.41, 5.74) is 1.78. The molecule has 1 saturated carbocycles. The zero-order chi connectivity index (χ0) is 20.7. The Bertz CT molecular complexity index is 958. The maximum absolute atomic E-state index is 12.8. The van der Waals surface area contributed by atoms with E-state index in [0.717, 1.165) is 30.4 Å². The molecule has 3 saturated heterocycles. The van der Waals surface area contributed by atoms with Crippen molar-refractivity contribution >= 4 is 11.8 Å². The number of rotatable bonds is 1. The van der Waals surface area contributed by atoms with Crippen LogP contribution in [0, 0.1) is 35.0 Å². The lowest BCUT2D eigenvalue weighted by molar-refractivity contribution is -0.140. The predicted molar refractivity (Wildman–Crippen MR) is 109 cm³/mol. The minimum atomic E-state index is -0.258. The lowest BCUT2D eigenvalue weighted by atomic mass is 9.88. The molecule has 0 aromatic heterocycles. The number of nitrogens with zero attached hydrogens (tertiary/aromatic N) is 3. The van der Waals surface area contributed by atoms with E-state index in [-0.39, 0.29) is 41.8 Å². The summed E-state index contributed by atoms with van der Waals surface area (Å²) in [5.74, 6) is 6.95. The molecule has 0 radical (unpaired) electrons. The van der Waals surface area contributed by atoms with E-state index in [0.29, 0.717) is 32.6 Å². The lowest BCUT2D eigenvalue weighted by Crippen LogP contribution is -2.58. The van der Waals surface area contributed by atoms with Gasteiger partial charge in [0.1, 0.15) is 6.61 Å². The van der Waals surface area contributed by atoms with Crippen molar-refractivity contribution < 1.29 is 14.3 Å². The molecule has 2 atom stereocenters. The van der Waals surface area contributed by atoms with Gasteiger partial charge in [-0.25, -0.2) is 4.79 Å². The maximum atomic E-state index is 12.8. The molecule has 3 aliphatic heterocycles. The number of carbonyl (C=O) groups is 2. The lowest BCUT2D eigenvalue weighted by Gasteiger charge is -2.45. The van der Waals surface area contributed by atoms with E-state index in [1.165, 1.54) is 0 Å². The van der Waals surface area contributed by atoms with Gasteiger partial charge in [0.05, 0.1) is 23.5 Å². The number of benzene rings is 1. The van der Waals surface area contributed by atoms with Crippen LogP contribution < -0.4 is 0 Å².